The Kier molecular flexibility index (Phi) is 3.26. The molecule has 1 aliphatic rings. The number of nitrogens with one attached hydrogen (secondary N) is 2. The fraction of sp³-hybridized carbons (Fsp3) is 0.0769. The fourth-order valence-corrected chi connectivity index (χ4v) is 3.82. The van der Waals surface area contributed by atoms with Crippen LogP contribution in [-0.4, -0.2) is 19.3 Å². The predicted octanol–water partition coefficient (Wildman–Crippen LogP) is 1.72. The van der Waals surface area contributed by atoms with E-state index in [2.05, 4.69) is 15.0 Å². The molecule has 0 bridgehead atoms. The summed E-state index contributed by atoms with van der Waals surface area (Å²) in [5, 5.41) is 3.00. The summed E-state index contributed by atoms with van der Waals surface area (Å²) in [6.07, 6.45) is 3.14. The van der Waals surface area contributed by atoms with Crippen LogP contribution in [0.1, 0.15) is 10.4 Å². The minimum atomic E-state index is -3.72. The molecule has 6 nitrogen and oxygen atoms in total. The van der Waals surface area contributed by atoms with Crippen molar-refractivity contribution in [2.45, 2.75) is 11.8 Å². The van der Waals surface area contributed by atoms with Gasteiger partial charge in [-0.1, -0.05) is 18.2 Å². The molecule has 2 N–H and O–H groups in total. The SMILES string of the molecule is Cc1cnc(NC(=O)C2=Cc3ccccc3S(=O)(=O)N2)s1. The lowest BCUT2D eigenvalue weighted by atomic mass is 10.2. The maximum absolute atomic E-state index is 12.1. The second-order valence-corrected chi connectivity index (χ2v) is 7.32. The number of hydrogen-bond donors (Lipinski definition) is 2. The van der Waals surface area contributed by atoms with Crippen molar-refractivity contribution in [3.63, 3.8) is 0 Å². The van der Waals surface area contributed by atoms with Crippen molar-refractivity contribution < 1.29 is 13.2 Å². The summed E-state index contributed by atoms with van der Waals surface area (Å²) in [5.41, 5.74) is 0.457. The van der Waals surface area contributed by atoms with Gasteiger partial charge in [0.1, 0.15) is 5.70 Å². The summed E-state index contributed by atoms with van der Waals surface area (Å²) in [7, 11) is -3.72. The normalized spacial score (nSPS) is 15.6. The predicted molar refractivity (Wildman–Crippen MR) is 80.2 cm³/mol. The van der Waals surface area contributed by atoms with Crippen LogP contribution in [0.4, 0.5) is 5.13 Å². The second-order valence-electron chi connectivity index (χ2n) is 4.43. The largest absolute Gasteiger partial charge is 0.297 e. The molecule has 1 aliphatic heterocycles. The second kappa shape index (κ2) is 4.97. The molecule has 3 rings (SSSR count). The Balaban J connectivity index is 1.93. The van der Waals surface area contributed by atoms with E-state index in [1.54, 1.807) is 24.4 Å². The molecule has 1 aromatic carbocycles. The standard InChI is InChI=1S/C13H11N3O3S2/c1-8-7-14-13(20-8)15-12(17)10-6-9-4-2-3-5-11(9)21(18,19)16-10/h2-7,16H,1H3,(H,14,15,17). The van der Waals surface area contributed by atoms with Crippen molar-refractivity contribution in [1.29, 1.82) is 0 Å². The summed E-state index contributed by atoms with van der Waals surface area (Å²) < 4.78 is 26.5. The van der Waals surface area contributed by atoms with Crippen LogP contribution in [-0.2, 0) is 14.8 Å². The van der Waals surface area contributed by atoms with Gasteiger partial charge in [0.05, 0.1) is 4.90 Å². The summed E-state index contributed by atoms with van der Waals surface area (Å²) in [5.74, 6) is -0.539. The number of carbonyl (C=O) groups is 1. The van der Waals surface area contributed by atoms with Crippen molar-refractivity contribution in [3.05, 3.63) is 46.6 Å². The van der Waals surface area contributed by atoms with Crippen LogP contribution in [0.25, 0.3) is 6.08 Å². The average molecular weight is 321 g/mol. The third-order valence-electron chi connectivity index (χ3n) is 2.84. The van der Waals surface area contributed by atoms with Crippen molar-refractivity contribution in [1.82, 2.24) is 9.71 Å². The number of aryl methyl sites for hydroxylation is 1. The van der Waals surface area contributed by atoms with E-state index >= 15 is 0 Å². The van der Waals surface area contributed by atoms with Gasteiger partial charge in [-0.05, 0) is 24.6 Å². The highest BCUT2D eigenvalue weighted by Gasteiger charge is 2.26. The molecule has 1 amide bonds. The minimum absolute atomic E-state index is 0.0263. The van der Waals surface area contributed by atoms with E-state index in [4.69, 9.17) is 0 Å². The number of amides is 1. The maximum Gasteiger partial charge on any atom is 0.274 e. The van der Waals surface area contributed by atoms with Gasteiger partial charge >= 0.3 is 0 Å². The Morgan fingerprint density at radius 1 is 1.33 bits per heavy atom. The van der Waals surface area contributed by atoms with Gasteiger partial charge in [-0.15, -0.1) is 11.3 Å². The highest BCUT2D eigenvalue weighted by molar-refractivity contribution is 7.89. The number of fused-ring (bicyclic) bond motifs is 1. The van der Waals surface area contributed by atoms with E-state index in [1.807, 2.05) is 6.92 Å². The number of thiazole rings is 1. The molecule has 0 radical (unpaired) electrons. The van der Waals surface area contributed by atoms with Crippen LogP contribution in [0.5, 0.6) is 0 Å². The zero-order chi connectivity index (χ0) is 15.0. The highest BCUT2D eigenvalue weighted by Crippen LogP contribution is 2.24. The molecule has 108 valence electrons. The number of anilines is 1. The first-order chi connectivity index (χ1) is 9.95. The van der Waals surface area contributed by atoms with Gasteiger partial charge < -0.3 is 0 Å². The van der Waals surface area contributed by atoms with Crippen LogP contribution in [0.15, 0.2) is 41.1 Å². The molecule has 8 heteroatoms. The van der Waals surface area contributed by atoms with Crippen LogP contribution in [0, 0.1) is 6.92 Å². The third kappa shape index (κ3) is 2.67. The molecule has 0 aliphatic carbocycles. The Bertz CT molecular complexity index is 853. The Morgan fingerprint density at radius 3 is 2.81 bits per heavy atom. The van der Waals surface area contributed by atoms with Gasteiger partial charge in [-0.3, -0.25) is 14.8 Å². The molecule has 0 spiro atoms. The smallest absolute Gasteiger partial charge is 0.274 e. The van der Waals surface area contributed by atoms with E-state index in [0.717, 1.165) is 4.88 Å². The minimum Gasteiger partial charge on any atom is -0.297 e. The first-order valence-electron chi connectivity index (χ1n) is 6.03. The number of aromatic nitrogens is 1. The number of nitrogens with zero attached hydrogens (tertiary/aromatic N) is 1. The van der Waals surface area contributed by atoms with Crippen LogP contribution in [0.3, 0.4) is 0 Å². The molecule has 2 aromatic rings. The number of rotatable bonds is 2. The number of benzene rings is 1. The van der Waals surface area contributed by atoms with E-state index < -0.39 is 15.9 Å². The van der Waals surface area contributed by atoms with Crippen molar-refractivity contribution >= 4 is 38.5 Å². The summed E-state index contributed by atoms with van der Waals surface area (Å²) >= 11 is 1.32. The molecule has 0 saturated heterocycles. The quantitative estimate of drug-likeness (QED) is 0.881. The summed E-state index contributed by atoms with van der Waals surface area (Å²) in [4.78, 5) is 17.3. The van der Waals surface area contributed by atoms with E-state index in [1.165, 1.54) is 23.5 Å². The fourth-order valence-electron chi connectivity index (χ4n) is 1.92. The van der Waals surface area contributed by atoms with Gasteiger partial charge in [-0.25, -0.2) is 13.4 Å². The lowest BCUT2D eigenvalue weighted by molar-refractivity contribution is -0.113. The number of hydrogen-bond acceptors (Lipinski definition) is 5. The van der Waals surface area contributed by atoms with E-state index in [-0.39, 0.29) is 10.6 Å². The molecule has 0 saturated carbocycles. The number of carbonyl (C=O) groups excluding carboxylic acids is 1. The van der Waals surface area contributed by atoms with Crippen LogP contribution < -0.4 is 10.0 Å². The first kappa shape index (κ1) is 13.8. The lowest BCUT2D eigenvalue weighted by Gasteiger charge is -2.17. The average Bonchev–Trinajstić information content (AvgIpc) is 2.83. The zero-order valence-electron chi connectivity index (χ0n) is 11.0. The highest BCUT2D eigenvalue weighted by atomic mass is 32.2. The Hall–Kier alpha value is -2.19. The molecule has 0 atom stereocenters. The van der Waals surface area contributed by atoms with Gasteiger partial charge in [0, 0.05) is 11.1 Å². The monoisotopic (exact) mass is 321 g/mol. The molecule has 2 heterocycles. The lowest BCUT2D eigenvalue weighted by Crippen LogP contribution is -2.33. The zero-order valence-corrected chi connectivity index (χ0v) is 12.6. The first-order valence-corrected chi connectivity index (χ1v) is 8.33. The summed E-state index contributed by atoms with van der Waals surface area (Å²) in [6.45, 7) is 1.87. The molecular formula is C13H11N3O3S2. The van der Waals surface area contributed by atoms with E-state index in [0.29, 0.717) is 10.7 Å². The van der Waals surface area contributed by atoms with Gasteiger partial charge in [0.2, 0.25) is 0 Å². The molecular weight excluding hydrogens is 310 g/mol. The van der Waals surface area contributed by atoms with Crippen LogP contribution >= 0.6 is 11.3 Å². The summed E-state index contributed by atoms with van der Waals surface area (Å²) in [6, 6.07) is 6.49. The van der Waals surface area contributed by atoms with Gasteiger partial charge in [0.25, 0.3) is 15.9 Å². The van der Waals surface area contributed by atoms with Crippen molar-refractivity contribution in [2.24, 2.45) is 0 Å². The maximum atomic E-state index is 12.1. The molecule has 0 unspecified atom stereocenters. The Labute approximate surface area is 125 Å². The topological polar surface area (TPSA) is 88.2 Å². The molecule has 1 aromatic heterocycles. The Morgan fingerprint density at radius 2 is 2.10 bits per heavy atom. The van der Waals surface area contributed by atoms with E-state index in [9.17, 15) is 13.2 Å². The van der Waals surface area contributed by atoms with Crippen molar-refractivity contribution in [2.75, 3.05) is 5.32 Å². The number of sulfonamides is 1. The molecule has 21 heavy (non-hydrogen) atoms. The van der Waals surface area contributed by atoms with Gasteiger partial charge in [0.15, 0.2) is 5.13 Å². The van der Waals surface area contributed by atoms with Crippen LogP contribution in [0.2, 0.25) is 0 Å². The van der Waals surface area contributed by atoms with Crippen molar-refractivity contribution in [3.8, 4) is 0 Å². The molecule has 0 fully saturated rings. The van der Waals surface area contributed by atoms with Gasteiger partial charge in [-0.2, -0.15) is 0 Å². The third-order valence-corrected chi connectivity index (χ3v) is 5.11.